The van der Waals surface area contributed by atoms with Crippen molar-refractivity contribution in [1.82, 2.24) is 0 Å². The van der Waals surface area contributed by atoms with E-state index in [0.29, 0.717) is 0 Å². The van der Waals surface area contributed by atoms with E-state index >= 15 is 0 Å². The summed E-state index contributed by atoms with van der Waals surface area (Å²) in [6.45, 7) is 1.97. The number of hydrogen-bond acceptors (Lipinski definition) is 2. The summed E-state index contributed by atoms with van der Waals surface area (Å²) in [7, 11) is 0. The molecule has 2 N–H and O–H groups in total. The summed E-state index contributed by atoms with van der Waals surface area (Å²) in [5.74, 6) is 1.68. The molecule has 0 aromatic heterocycles. The minimum atomic E-state index is 0.0577. The first-order valence-electron chi connectivity index (χ1n) is 5.44. The maximum absolute atomic E-state index is 5.79. The van der Waals surface area contributed by atoms with E-state index in [1.807, 2.05) is 55.5 Å². The lowest BCUT2D eigenvalue weighted by atomic mass is 10.1. The summed E-state index contributed by atoms with van der Waals surface area (Å²) in [5.41, 5.74) is 6.90. The van der Waals surface area contributed by atoms with Crippen molar-refractivity contribution in [1.29, 1.82) is 0 Å². The summed E-state index contributed by atoms with van der Waals surface area (Å²) < 4.78 is 6.92. The molecule has 0 amide bonds. The summed E-state index contributed by atoms with van der Waals surface area (Å²) >= 11 is 2.27. The second-order valence-corrected chi connectivity index (χ2v) is 5.16. The summed E-state index contributed by atoms with van der Waals surface area (Å²) in [6.07, 6.45) is 0. The number of nitrogens with two attached hydrogens (primary N) is 1. The molecule has 2 aromatic carbocycles. The third-order valence-electron chi connectivity index (χ3n) is 2.46. The number of halogens is 1. The summed E-state index contributed by atoms with van der Waals surface area (Å²) in [5, 5.41) is 0. The normalized spacial score (nSPS) is 12.2. The van der Waals surface area contributed by atoms with Crippen molar-refractivity contribution >= 4 is 22.6 Å². The van der Waals surface area contributed by atoms with Crippen LogP contribution in [-0.4, -0.2) is 0 Å². The summed E-state index contributed by atoms with van der Waals surface area (Å²) in [4.78, 5) is 0. The van der Waals surface area contributed by atoms with Gasteiger partial charge in [0.05, 0.1) is 0 Å². The van der Waals surface area contributed by atoms with Gasteiger partial charge in [-0.25, -0.2) is 0 Å². The van der Waals surface area contributed by atoms with Gasteiger partial charge in [-0.15, -0.1) is 0 Å². The highest BCUT2D eigenvalue weighted by atomic mass is 127. The molecule has 0 unspecified atom stereocenters. The van der Waals surface area contributed by atoms with Crippen molar-refractivity contribution < 1.29 is 4.74 Å². The predicted molar refractivity (Wildman–Crippen MR) is 78.3 cm³/mol. The standard InChI is InChI=1S/C14H14INO/c1-10(16)11-2-6-13(7-3-11)17-14-8-4-12(15)5-9-14/h2-10H,16H2,1H3/t10-/m1/s1. The van der Waals surface area contributed by atoms with Crippen LogP contribution in [0.2, 0.25) is 0 Å². The van der Waals surface area contributed by atoms with E-state index < -0.39 is 0 Å². The molecule has 1 atom stereocenters. The smallest absolute Gasteiger partial charge is 0.127 e. The van der Waals surface area contributed by atoms with Crippen LogP contribution in [0.3, 0.4) is 0 Å². The van der Waals surface area contributed by atoms with Gasteiger partial charge in [-0.1, -0.05) is 12.1 Å². The Kier molecular flexibility index (Phi) is 4.02. The van der Waals surface area contributed by atoms with Crippen LogP contribution in [0.5, 0.6) is 11.5 Å². The lowest BCUT2D eigenvalue weighted by molar-refractivity contribution is 0.482. The monoisotopic (exact) mass is 339 g/mol. The molecule has 0 bridgehead atoms. The van der Waals surface area contributed by atoms with Crippen LogP contribution >= 0.6 is 22.6 Å². The van der Waals surface area contributed by atoms with Gasteiger partial charge < -0.3 is 10.5 Å². The molecule has 0 aliphatic heterocycles. The Balaban J connectivity index is 2.11. The van der Waals surface area contributed by atoms with Crippen molar-refractivity contribution in [3.63, 3.8) is 0 Å². The molecular formula is C14H14INO. The molecule has 88 valence electrons. The quantitative estimate of drug-likeness (QED) is 0.855. The van der Waals surface area contributed by atoms with Gasteiger partial charge in [-0.3, -0.25) is 0 Å². The van der Waals surface area contributed by atoms with Crippen LogP contribution in [0.15, 0.2) is 48.5 Å². The minimum Gasteiger partial charge on any atom is -0.457 e. The molecule has 0 saturated heterocycles. The fourth-order valence-electron chi connectivity index (χ4n) is 1.48. The van der Waals surface area contributed by atoms with Gasteiger partial charge in [0.15, 0.2) is 0 Å². The molecule has 0 fully saturated rings. The maximum atomic E-state index is 5.79. The Bertz CT molecular complexity index is 477. The number of rotatable bonds is 3. The van der Waals surface area contributed by atoms with Gasteiger partial charge in [0, 0.05) is 9.61 Å². The molecule has 2 nitrogen and oxygen atoms in total. The Labute approximate surface area is 115 Å². The third kappa shape index (κ3) is 3.44. The van der Waals surface area contributed by atoms with E-state index in [9.17, 15) is 0 Å². The first-order valence-corrected chi connectivity index (χ1v) is 6.52. The summed E-state index contributed by atoms with van der Waals surface area (Å²) in [6, 6.07) is 15.9. The topological polar surface area (TPSA) is 35.2 Å². The van der Waals surface area contributed by atoms with Gasteiger partial charge in [0.2, 0.25) is 0 Å². The predicted octanol–water partition coefficient (Wildman–Crippen LogP) is 4.10. The van der Waals surface area contributed by atoms with Gasteiger partial charge in [0.1, 0.15) is 11.5 Å². The first-order chi connectivity index (χ1) is 8.15. The average molecular weight is 339 g/mol. The first kappa shape index (κ1) is 12.4. The Morgan fingerprint density at radius 3 is 1.88 bits per heavy atom. The average Bonchev–Trinajstić information content (AvgIpc) is 2.33. The van der Waals surface area contributed by atoms with Crippen LogP contribution in [0.4, 0.5) is 0 Å². The maximum Gasteiger partial charge on any atom is 0.127 e. The van der Waals surface area contributed by atoms with Crippen molar-refractivity contribution in [3.8, 4) is 11.5 Å². The Morgan fingerprint density at radius 2 is 1.41 bits per heavy atom. The number of ether oxygens (including phenoxy) is 1. The van der Waals surface area contributed by atoms with Gasteiger partial charge >= 0.3 is 0 Å². The van der Waals surface area contributed by atoms with E-state index in [2.05, 4.69) is 22.6 Å². The molecule has 2 rings (SSSR count). The van der Waals surface area contributed by atoms with Crippen molar-refractivity contribution in [2.45, 2.75) is 13.0 Å². The van der Waals surface area contributed by atoms with Crippen molar-refractivity contribution in [2.24, 2.45) is 5.73 Å². The van der Waals surface area contributed by atoms with E-state index in [-0.39, 0.29) is 6.04 Å². The van der Waals surface area contributed by atoms with Gasteiger partial charge in [-0.05, 0) is 71.5 Å². The van der Waals surface area contributed by atoms with E-state index in [1.165, 1.54) is 3.57 Å². The van der Waals surface area contributed by atoms with Crippen LogP contribution in [0.1, 0.15) is 18.5 Å². The number of benzene rings is 2. The van der Waals surface area contributed by atoms with Gasteiger partial charge in [-0.2, -0.15) is 0 Å². The van der Waals surface area contributed by atoms with Gasteiger partial charge in [0.25, 0.3) is 0 Å². The highest BCUT2D eigenvalue weighted by molar-refractivity contribution is 14.1. The van der Waals surface area contributed by atoms with Crippen LogP contribution in [-0.2, 0) is 0 Å². The third-order valence-corrected chi connectivity index (χ3v) is 3.17. The molecule has 0 radical (unpaired) electrons. The molecule has 0 spiro atoms. The highest BCUT2D eigenvalue weighted by Crippen LogP contribution is 2.23. The fraction of sp³-hybridized carbons (Fsp3) is 0.143. The van der Waals surface area contributed by atoms with Crippen LogP contribution in [0.25, 0.3) is 0 Å². The lowest BCUT2D eigenvalue weighted by Gasteiger charge is -2.08. The van der Waals surface area contributed by atoms with E-state index in [4.69, 9.17) is 10.5 Å². The second kappa shape index (κ2) is 5.51. The molecule has 3 heteroatoms. The fourth-order valence-corrected chi connectivity index (χ4v) is 1.84. The van der Waals surface area contributed by atoms with E-state index in [1.54, 1.807) is 0 Å². The lowest BCUT2D eigenvalue weighted by Crippen LogP contribution is -2.04. The van der Waals surface area contributed by atoms with Crippen LogP contribution in [0, 0.1) is 3.57 Å². The molecular weight excluding hydrogens is 325 g/mol. The molecule has 0 aliphatic rings. The van der Waals surface area contributed by atoms with Crippen molar-refractivity contribution in [2.75, 3.05) is 0 Å². The van der Waals surface area contributed by atoms with Crippen molar-refractivity contribution in [3.05, 3.63) is 57.7 Å². The zero-order valence-electron chi connectivity index (χ0n) is 9.56. The zero-order valence-corrected chi connectivity index (χ0v) is 11.7. The number of hydrogen-bond donors (Lipinski definition) is 1. The zero-order chi connectivity index (χ0) is 12.3. The molecule has 0 saturated carbocycles. The highest BCUT2D eigenvalue weighted by Gasteiger charge is 2.00. The molecule has 0 aliphatic carbocycles. The van der Waals surface area contributed by atoms with Crippen LogP contribution < -0.4 is 10.5 Å². The SMILES string of the molecule is C[C@@H](N)c1ccc(Oc2ccc(I)cc2)cc1. The molecule has 17 heavy (non-hydrogen) atoms. The minimum absolute atomic E-state index is 0.0577. The molecule has 0 heterocycles. The van der Waals surface area contributed by atoms with E-state index in [0.717, 1.165) is 17.1 Å². The molecule has 2 aromatic rings. The Hall–Kier alpha value is -1.07. The largest absolute Gasteiger partial charge is 0.457 e. The second-order valence-electron chi connectivity index (χ2n) is 3.91. The Morgan fingerprint density at radius 1 is 0.941 bits per heavy atom.